The summed E-state index contributed by atoms with van der Waals surface area (Å²) < 4.78 is 6.19. The summed E-state index contributed by atoms with van der Waals surface area (Å²) >= 11 is 0. The molecular formula is C22H21N3O4. The van der Waals surface area contributed by atoms with Crippen LogP contribution in [0.25, 0.3) is 5.69 Å². The van der Waals surface area contributed by atoms with E-state index in [9.17, 15) is 14.4 Å². The second kappa shape index (κ2) is 8.97. The minimum atomic E-state index is -0.718. The molecule has 3 aromatic rings. The van der Waals surface area contributed by atoms with Gasteiger partial charge >= 0.3 is 5.97 Å². The standard InChI is InChI=1S/C22H21N3O4/c1-3-29-22(28)21-17(23-19(26)13-16-10-5-4-6-11-16)14-20(27)25(24-21)18-12-8-7-9-15(18)2/h4-12,14H,3,13H2,1-2H3,(H,23,26). The van der Waals surface area contributed by atoms with Crippen LogP contribution in [0.5, 0.6) is 0 Å². The maximum absolute atomic E-state index is 12.7. The fraction of sp³-hybridized carbons (Fsp3) is 0.182. The molecule has 1 heterocycles. The normalized spacial score (nSPS) is 10.4. The van der Waals surface area contributed by atoms with E-state index < -0.39 is 11.5 Å². The van der Waals surface area contributed by atoms with E-state index >= 15 is 0 Å². The zero-order valence-electron chi connectivity index (χ0n) is 16.2. The van der Waals surface area contributed by atoms with E-state index in [4.69, 9.17) is 4.74 Å². The molecule has 2 aromatic carbocycles. The lowest BCUT2D eigenvalue weighted by Crippen LogP contribution is -2.28. The van der Waals surface area contributed by atoms with Crippen molar-refractivity contribution in [3.8, 4) is 5.69 Å². The highest BCUT2D eigenvalue weighted by Gasteiger charge is 2.20. The number of para-hydroxylation sites is 1. The Morgan fingerprint density at radius 2 is 1.76 bits per heavy atom. The summed E-state index contributed by atoms with van der Waals surface area (Å²) in [7, 11) is 0. The SMILES string of the molecule is CCOC(=O)c1nn(-c2ccccc2C)c(=O)cc1NC(=O)Cc1ccccc1. The Labute approximate surface area is 168 Å². The molecule has 29 heavy (non-hydrogen) atoms. The van der Waals surface area contributed by atoms with Crippen molar-refractivity contribution in [1.82, 2.24) is 9.78 Å². The molecule has 1 N–H and O–H groups in total. The molecular weight excluding hydrogens is 370 g/mol. The number of carbonyl (C=O) groups is 2. The number of aryl methyl sites for hydroxylation is 1. The Balaban J connectivity index is 1.99. The van der Waals surface area contributed by atoms with Crippen molar-refractivity contribution in [2.75, 3.05) is 11.9 Å². The van der Waals surface area contributed by atoms with Crippen molar-refractivity contribution < 1.29 is 14.3 Å². The Morgan fingerprint density at radius 3 is 2.45 bits per heavy atom. The second-order valence-corrected chi connectivity index (χ2v) is 6.37. The van der Waals surface area contributed by atoms with Gasteiger partial charge in [0.2, 0.25) is 5.91 Å². The molecule has 0 fully saturated rings. The summed E-state index contributed by atoms with van der Waals surface area (Å²) in [5.41, 5.74) is 1.60. The summed E-state index contributed by atoms with van der Waals surface area (Å²) in [6, 6.07) is 17.5. The molecule has 0 bridgehead atoms. The molecule has 3 rings (SSSR count). The van der Waals surface area contributed by atoms with Gasteiger partial charge in [-0.3, -0.25) is 9.59 Å². The number of hydrogen-bond acceptors (Lipinski definition) is 5. The quantitative estimate of drug-likeness (QED) is 0.653. The van der Waals surface area contributed by atoms with Crippen LogP contribution in [-0.4, -0.2) is 28.3 Å². The first-order valence-corrected chi connectivity index (χ1v) is 9.21. The zero-order chi connectivity index (χ0) is 20.8. The first-order valence-electron chi connectivity index (χ1n) is 9.21. The van der Waals surface area contributed by atoms with E-state index in [1.807, 2.05) is 49.4 Å². The molecule has 148 valence electrons. The molecule has 0 unspecified atom stereocenters. The minimum Gasteiger partial charge on any atom is -0.461 e. The maximum atomic E-state index is 12.7. The predicted octanol–water partition coefficient (Wildman–Crippen LogP) is 2.90. The fourth-order valence-electron chi connectivity index (χ4n) is 2.85. The topological polar surface area (TPSA) is 90.3 Å². The highest BCUT2D eigenvalue weighted by molar-refractivity contribution is 6.00. The lowest BCUT2D eigenvalue weighted by Gasteiger charge is -2.13. The third kappa shape index (κ3) is 4.76. The van der Waals surface area contributed by atoms with Crippen molar-refractivity contribution in [2.45, 2.75) is 20.3 Å². The van der Waals surface area contributed by atoms with Crippen molar-refractivity contribution >= 4 is 17.6 Å². The van der Waals surface area contributed by atoms with Gasteiger partial charge in [0.25, 0.3) is 5.56 Å². The van der Waals surface area contributed by atoms with Crippen LogP contribution in [0.1, 0.15) is 28.5 Å². The third-order valence-electron chi connectivity index (χ3n) is 4.23. The summed E-state index contributed by atoms with van der Waals surface area (Å²) in [6.45, 7) is 3.65. The van der Waals surface area contributed by atoms with Gasteiger partial charge in [0.15, 0.2) is 5.69 Å². The maximum Gasteiger partial charge on any atom is 0.360 e. The van der Waals surface area contributed by atoms with Crippen molar-refractivity contribution in [3.05, 3.63) is 87.8 Å². The van der Waals surface area contributed by atoms with Crippen molar-refractivity contribution in [3.63, 3.8) is 0 Å². The predicted molar refractivity (Wildman–Crippen MR) is 109 cm³/mol. The van der Waals surface area contributed by atoms with E-state index in [1.165, 1.54) is 6.07 Å². The van der Waals surface area contributed by atoms with Crippen LogP contribution in [-0.2, 0) is 16.0 Å². The molecule has 7 nitrogen and oxygen atoms in total. The van der Waals surface area contributed by atoms with Crippen molar-refractivity contribution in [1.29, 1.82) is 0 Å². The Morgan fingerprint density at radius 1 is 1.07 bits per heavy atom. The van der Waals surface area contributed by atoms with Gasteiger partial charge in [-0.15, -0.1) is 0 Å². The van der Waals surface area contributed by atoms with Gasteiger partial charge < -0.3 is 10.1 Å². The number of amides is 1. The third-order valence-corrected chi connectivity index (χ3v) is 4.23. The molecule has 7 heteroatoms. The molecule has 1 aromatic heterocycles. The molecule has 0 aliphatic heterocycles. The van der Waals surface area contributed by atoms with Crippen LogP contribution in [0, 0.1) is 6.92 Å². The van der Waals surface area contributed by atoms with E-state index in [1.54, 1.807) is 19.1 Å². The molecule has 0 aliphatic rings. The number of hydrogen-bond donors (Lipinski definition) is 1. The lowest BCUT2D eigenvalue weighted by molar-refractivity contribution is -0.115. The number of aromatic nitrogens is 2. The number of nitrogens with one attached hydrogen (secondary N) is 1. The van der Waals surface area contributed by atoms with Gasteiger partial charge in [0, 0.05) is 6.07 Å². The monoisotopic (exact) mass is 391 g/mol. The van der Waals surface area contributed by atoms with Crippen LogP contribution in [0.2, 0.25) is 0 Å². The first kappa shape index (κ1) is 20.0. The van der Waals surface area contributed by atoms with E-state index in [-0.39, 0.29) is 30.3 Å². The largest absolute Gasteiger partial charge is 0.461 e. The smallest absolute Gasteiger partial charge is 0.360 e. The molecule has 0 aliphatic carbocycles. The lowest BCUT2D eigenvalue weighted by atomic mass is 10.1. The first-order chi connectivity index (χ1) is 14.0. The summed E-state index contributed by atoms with van der Waals surface area (Å²) in [5, 5.41) is 6.81. The van der Waals surface area contributed by atoms with E-state index in [0.29, 0.717) is 5.69 Å². The number of ether oxygens (including phenoxy) is 1. The van der Waals surface area contributed by atoms with Crippen LogP contribution in [0.3, 0.4) is 0 Å². The van der Waals surface area contributed by atoms with Crippen LogP contribution >= 0.6 is 0 Å². The number of benzene rings is 2. The Hall–Kier alpha value is -3.74. The summed E-state index contributed by atoms with van der Waals surface area (Å²) in [6.07, 6.45) is 0.101. The van der Waals surface area contributed by atoms with Gasteiger partial charge in [-0.1, -0.05) is 48.5 Å². The average molecular weight is 391 g/mol. The molecule has 0 radical (unpaired) electrons. The number of esters is 1. The molecule has 0 atom stereocenters. The number of anilines is 1. The number of rotatable bonds is 6. The summed E-state index contributed by atoms with van der Waals surface area (Å²) in [4.78, 5) is 37.5. The highest BCUT2D eigenvalue weighted by atomic mass is 16.5. The number of carbonyl (C=O) groups excluding carboxylic acids is 2. The van der Waals surface area contributed by atoms with Gasteiger partial charge in [0.1, 0.15) is 0 Å². The van der Waals surface area contributed by atoms with Gasteiger partial charge in [-0.05, 0) is 31.0 Å². The molecule has 0 saturated heterocycles. The fourth-order valence-corrected chi connectivity index (χ4v) is 2.85. The van der Waals surface area contributed by atoms with E-state index in [2.05, 4.69) is 10.4 Å². The van der Waals surface area contributed by atoms with Crippen LogP contribution in [0.4, 0.5) is 5.69 Å². The second-order valence-electron chi connectivity index (χ2n) is 6.37. The van der Waals surface area contributed by atoms with Crippen molar-refractivity contribution in [2.24, 2.45) is 0 Å². The Kier molecular flexibility index (Phi) is 6.19. The highest BCUT2D eigenvalue weighted by Crippen LogP contribution is 2.16. The Bertz CT molecular complexity index is 1090. The van der Waals surface area contributed by atoms with Gasteiger partial charge in [-0.25, -0.2) is 4.79 Å². The van der Waals surface area contributed by atoms with E-state index in [0.717, 1.165) is 15.8 Å². The average Bonchev–Trinajstić information content (AvgIpc) is 2.70. The van der Waals surface area contributed by atoms with Crippen LogP contribution < -0.4 is 10.9 Å². The molecule has 0 spiro atoms. The van der Waals surface area contributed by atoms with Gasteiger partial charge in [-0.2, -0.15) is 9.78 Å². The zero-order valence-corrected chi connectivity index (χ0v) is 16.2. The molecule has 0 saturated carbocycles. The van der Waals surface area contributed by atoms with Gasteiger partial charge in [0.05, 0.1) is 24.4 Å². The molecule has 1 amide bonds. The van der Waals surface area contributed by atoms with Crippen LogP contribution in [0.15, 0.2) is 65.5 Å². The summed E-state index contributed by atoms with van der Waals surface area (Å²) in [5.74, 6) is -1.08. The number of nitrogens with zero attached hydrogens (tertiary/aromatic N) is 2. The minimum absolute atomic E-state index is 0.0271.